The van der Waals surface area contributed by atoms with Crippen LogP contribution in [0.15, 0.2) is 24.3 Å². The van der Waals surface area contributed by atoms with Gasteiger partial charge in [0.05, 0.1) is 35.0 Å². The zero-order valence-corrected chi connectivity index (χ0v) is 19.5. The van der Waals surface area contributed by atoms with Gasteiger partial charge in [-0.15, -0.1) is 0 Å². The Morgan fingerprint density at radius 2 is 1.97 bits per heavy atom. The van der Waals surface area contributed by atoms with Crippen molar-refractivity contribution in [2.75, 3.05) is 26.2 Å². The molecule has 0 radical (unpaired) electrons. The Labute approximate surface area is 194 Å². The fourth-order valence-corrected chi connectivity index (χ4v) is 4.72. The average molecular weight is 461 g/mol. The summed E-state index contributed by atoms with van der Waals surface area (Å²) in [6.07, 6.45) is 6.78. The van der Waals surface area contributed by atoms with E-state index in [2.05, 4.69) is 5.32 Å². The van der Waals surface area contributed by atoms with E-state index < -0.39 is 5.60 Å². The summed E-state index contributed by atoms with van der Waals surface area (Å²) < 4.78 is 1.97. The fraction of sp³-hybridized carbons (Fsp3) is 0.583. The van der Waals surface area contributed by atoms with Crippen molar-refractivity contribution in [1.82, 2.24) is 20.2 Å². The number of benzene rings is 1. The Balaban J connectivity index is 1.44. The zero-order chi connectivity index (χ0) is 22.6. The number of halogens is 1. The molecule has 2 N–H and O–H groups in total. The molecular formula is C24H33ClN4O3. The molecule has 4 rings (SSSR count). The molecule has 0 unspecified atom stereocenters. The first-order chi connectivity index (χ1) is 15.4. The molecule has 32 heavy (non-hydrogen) atoms. The van der Waals surface area contributed by atoms with Crippen LogP contribution >= 0.6 is 11.6 Å². The van der Waals surface area contributed by atoms with Crippen LogP contribution in [0.2, 0.25) is 5.02 Å². The smallest absolute Gasteiger partial charge is 0.252 e. The highest BCUT2D eigenvalue weighted by Crippen LogP contribution is 2.28. The van der Waals surface area contributed by atoms with Crippen molar-refractivity contribution in [1.29, 1.82) is 0 Å². The summed E-state index contributed by atoms with van der Waals surface area (Å²) in [7, 11) is 0. The maximum Gasteiger partial charge on any atom is 0.252 e. The molecule has 2 heterocycles. The SMILES string of the molecule is Cc1cc(-c2ccc(Cl)c(C(=O)NCC3(O)CCCCCC3)c2)nn1CCN1CCCO1. The van der Waals surface area contributed by atoms with E-state index >= 15 is 0 Å². The summed E-state index contributed by atoms with van der Waals surface area (Å²) in [5.74, 6) is -0.267. The standard InChI is InChI=1S/C24H33ClN4O3/c1-18-15-22(27-29(18)13-12-28-11-6-14-32-28)19-7-8-21(25)20(16-19)23(30)26-17-24(31)9-4-2-3-5-10-24/h7-8,15-16,31H,2-6,9-14,17H2,1H3,(H,26,30). The predicted octanol–water partition coefficient (Wildman–Crippen LogP) is 3.96. The lowest BCUT2D eigenvalue weighted by atomic mass is 9.94. The molecular weight excluding hydrogens is 428 g/mol. The molecule has 1 aromatic carbocycles. The maximum atomic E-state index is 12.9. The van der Waals surface area contributed by atoms with Crippen LogP contribution in [0.5, 0.6) is 0 Å². The van der Waals surface area contributed by atoms with Gasteiger partial charge in [-0.2, -0.15) is 10.2 Å². The molecule has 0 bridgehead atoms. The van der Waals surface area contributed by atoms with Crippen LogP contribution < -0.4 is 5.32 Å². The van der Waals surface area contributed by atoms with Crippen LogP contribution in [-0.4, -0.2) is 57.7 Å². The molecule has 1 aliphatic heterocycles. The summed E-state index contributed by atoms with van der Waals surface area (Å²) in [5.41, 5.74) is 2.27. The Morgan fingerprint density at radius 3 is 2.69 bits per heavy atom. The molecule has 2 aliphatic rings. The Bertz CT molecular complexity index is 931. The molecule has 1 saturated carbocycles. The summed E-state index contributed by atoms with van der Waals surface area (Å²) in [5, 5.41) is 20.8. The number of hydrogen-bond donors (Lipinski definition) is 2. The van der Waals surface area contributed by atoms with Gasteiger partial charge in [0.1, 0.15) is 0 Å². The van der Waals surface area contributed by atoms with E-state index in [1.165, 1.54) is 0 Å². The van der Waals surface area contributed by atoms with Gasteiger partial charge in [-0.05, 0) is 44.4 Å². The Morgan fingerprint density at radius 1 is 1.19 bits per heavy atom. The van der Waals surface area contributed by atoms with E-state index in [0.29, 0.717) is 10.6 Å². The third kappa shape index (κ3) is 5.70. The normalized spacial score (nSPS) is 19.1. The first-order valence-electron chi connectivity index (χ1n) is 11.7. The van der Waals surface area contributed by atoms with Crippen LogP contribution in [0, 0.1) is 6.92 Å². The topological polar surface area (TPSA) is 79.6 Å². The number of carbonyl (C=O) groups excluding carboxylic acids is 1. The quantitative estimate of drug-likeness (QED) is 0.611. The first-order valence-corrected chi connectivity index (χ1v) is 12.0. The van der Waals surface area contributed by atoms with Crippen molar-refractivity contribution in [3.63, 3.8) is 0 Å². The summed E-state index contributed by atoms with van der Waals surface area (Å²) in [6, 6.07) is 7.42. The number of aryl methyl sites for hydroxylation is 1. The van der Waals surface area contributed by atoms with Crippen LogP contribution in [0.3, 0.4) is 0 Å². The highest BCUT2D eigenvalue weighted by molar-refractivity contribution is 6.34. The summed E-state index contributed by atoms with van der Waals surface area (Å²) in [4.78, 5) is 18.4. The molecule has 8 heteroatoms. The lowest BCUT2D eigenvalue weighted by Crippen LogP contribution is -2.42. The number of aromatic nitrogens is 2. The minimum atomic E-state index is -0.828. The molecule has 174 valence electrons. The van der Waals surface area contributed by atoms with E-state index in [-0.39, 0.29) is 12.5 Å². The van der Waals surface area contributed by atoms with Gasteiger partial charge in [-0.3, -0.25) is 14.3 Å². The lowest BCUT2D eigenvalue weighted by molar-refractivity contribution is -0.111. The third-order valence-electron chi connectivity index (χ3n) is 6.49. The van der Waals surface area contributed by atoms with E-state index in [0.717, 1.165) is 88.1 Å². The van der Waals surface area contributed by atoms with Gasteiger partial charge >= 0.3 is 0 Å². The van der Waals surface area contributed by atoms with Crippen LogP contribution in [-0.2, 0) is 11.4 Å². The van der Waals surface area contributed by atoms with E-state index in [9.17, 15) is 9.90 Å². The third-order valence-corrected chi connectivity index (χ3v) is 6.82. The highest BCUT2D eigenvalue weighted by atomic mass is 35.5. The van der Waals surface area contributed by atoms with Crippen LogP contribution in [0.4, 0.5) is 0 Å². The molecule has 1 amide bonds. The molecule has 7 nitrogen and oxygen atoms in total. The van der Waals surface area contributed by atoms with E-state index in [4.69, 9.17) is 21.5 Å². The number of hydrogen-bond acceptors (Lipinski definition) is 5. The van der Waals surface area contributed by atoms with Gasteiger partial charge in [0.15, 0.2) is 0 Å². The van der Waals surface area contributed by atoms with Gasteiger partial charge in [0.25, 0.3) is 5.91 Å². The van der Waals surface area contributed by atoms with E-state index in [1.807, 2.05) is 28.8 Å². The number of nitrogens with one attached hydrogen (secondary N) is 1. The minimum Gasteiger partial charge on any atom is -0.388 e. The van der Waals surface area contributed by atoms with Gasteiger partial charge < -0.3 is 10.4 Å². The van der Waals surface area contributed by atoms with Crippen molar-refractivity contribution < 1.29 is 14.7 Å². The average Bonchev–Trinajstić information content (AvgIpc) is 3.37. The van der Waals surface area contributed by atoms with Crippen molar-refractivity contribution in [2.45, 2.75) is 64.0 Å². The number of aliphatic hydroxyl groups is 1. The molecule has 1 saturated heterocycles. The highest BCUT2D eigenvalue weighted by Gasteiger charge is 2.29. The zero-order valence-electron chi connectivity index (χ0n) is 18.8. The van der Waals surface area contributed by atoms with Crippen molar-refractivity contribution >= 4 is 17.5 Å². The molecule has 2 aromatic rings. The second-order valence-corrected chi connectivity index (χ2v) is 9.43. The predicted molar refractivity (Wildman–Crippen MR) is 125 cm³/mol. The fourth-order valence-electron chi connectivity index (χ4n) is 4.52. The number of carbonyl (C=O) groups is 1. The second-order valence-electron chi connectivity index (χ2n) is 9.03. The molecule has 0 spiro atoms. The minimum absolute atomic E-state index is 0.249. The number of amides is 1. The molecule has 1 aromatic heterocycles. The summed E-state index contributed by atoms with van der Waals surface area (Å²) in [6.45, 7) is 5.55. The Hall–Kier alpha value is -1.93. The largest absolute Gasteiger partial charge is 0.388 e. The van der Waals surface area contributed by atoms with Crippen molar-refractivity contribution in [3.05, 3.63) is 40.5 Å². The van der Waals surface area contributed by atoms with Crippen LogP contribution in [0.25, 0.3) is 11.3 Å². The van der Waals surface area contributed by atoms with Gasteiger partial charge in [0.2, 0.25) is 0 Å². The second kappa shape index (κ2) is 10.3. The maximum absolute atomic E-state index is 12.9. The van der Waals surface area contributed by atoms with Crippen molar-refractivity contribution in [3.8, 4) is 11.3 Å². The number of hydroxylamine groups is 2. The molecule has 2 fully saturated rings. The van der Waals surface area contributed by atoms with Crippen molar-refractivity contribution in [2.24, 2.45) is 0 Å². The van der Waals surface area contributed by atoms with E-state index in [1.54, 1.807) is 12.1 Å². The van der Waals surface area contributed by atoms with Gasteiger partial charge in [-0.25, -0.2) is 0 Å². The Kier molecular flexibility index (Phi) is 7.51. The number of nitrogens with zero attached hydrogens (tertiary/aromatic N) is 3. The molecule has 0 atom stereocenters. The van der Waals surface area contributed by atoms with Crippen LogP contribution in [0.1, 0.15) is 61.0 Å². The lowest BCUT2D eigenvalue weighted by Gasteiger charge is -2.26. The molecule has 1 aliphatic carbocycles. The first kappa shape index (κ1) is 23.2. The number of rotatable bonds is 7. The van der Waals surface area contributed by atoms with Gasteiger partial charge in [-0.1, -0.05) is 43.4 Å². The monoisotopic (exact) mass is 460 g/mol. The van der Waals surface area contributed by atoms with Gasteiger partial charge in [0, 0.05) is 30.9 Å². The summed E-state index contributed by atoms with van der Waals surface area (Å²) >= 11 is 6.35.